The number of ether oxygens (including phenoxy) is 1. The molecule has 22 heavy (non-hydrogen) atoms. The van der Waals surface area contributed by atoms with Crippen molar-refractivity contribution in [2.45, 2.75) is 6.61 Å². The maximum absolute atomic E-state index is 12.2. The zero-order valence-electron chi connectivity index (χ0n) is 11.5. The summed E-state index contributed by atoms with van der Waals surface area (Å²) in [6, 6.07) is 15.5. The van der Waals surface area contributed by atoms with E-state index in [9.17, 15) is 9.59 Å². The Bertz CT molecular complexity index is 887. The summed E-state index contributed by atoms with van der Waals surface area (Å²) in [6.45, 7) is 0.168. The van der Waals surface area contributed by atoms with Gasteiger partial charge < -0.3 is 4.74 Å². The number of rotatable bonds is 2. The number of hydrogen-bond donors (Lipinski definition) is 0. The second-order valence-corrected chi connectivity index (χ2v) is 5.19. The quantitative estimate of drug-likeness (QED) is 0.722. The van der Waals surface area contributed by atoms with Gasteiger partial charge in [0.25, 0.3) is 0 Å². The standard InChI is InChI=1S/C17H12ClNO3/c18-13-6-7-15-14(10-13)16(20)8-9-19(15)17(21)22-11-12-4-2-1-3-5-12/h1-10H,11H2. The normalized spacial score (nSPS) is 10.6. The molecule has 0 atom stereocenters. The van der Waals surface area contributed by atoms with Gasteiger partial charge in [-0.1, -0.05) is 41.9 Å². The first kappa shape index (κ1) is 14.4. The van der Waals surface area contributed by atoms with E-state index in [0.717, 1.165) is 5.56 Å². The zero-order chi connectivity index (χ0) is 15.5. The molecule has 0 spiro atoms. The number of carbonyl (C=O) groups excluding carboxylic acids is 1. The SMILES string of the molecule is O=C(OCc1ccccc1)n1ccc(=O)c2cc(Cl)ccc21. The van der Waals surface area contributed by atoms with Crippen LogP contribution in [0.5, 0.6) is 0 Å². The molecule has 0 saturated heterocycles. The lowest BCUT2D eigenvalue weighted by atomic mass is 10.2. The molecule has 0 amide bonds. The van der Waals surface area contributed by atoms with Crippen molar-refractivity contribution in [3.05, 3.63) is 81.6 Å². The Morgan fingerprint density at radius 1 is 1.09 bits per heavy atom. The van der Waals surface area contributed by atoms with Crippen LogP contribution in [0.4, 0.5) is 4.79 Å². The van der Waals surface area contributed by atoms with Crippen molar-refractivity contribution in [2.24, 2.45) is 0 Å². The summed E-state index contributed by atoms with van der Waals surface area (Å²) in [7, 11) is 0. The first-order valence-corrected chi connectivity index (χ1v) is 7.05. The number of hydrogen-bond acceptors (Lipinski definition) is 3. The van der Waals surface area contributed by atoms with Crippen LogP contribution in [-0.4, -0.2) is 10.7 Å². The molecule has 0 unspecified atom stereocenters. The summed E-state index contributed by atoms with van der Waals surface area (Å²) in [5, 5.41) is 0.826. The molecule has 2 aromatic carbocycles. The van der Waals surface area contributed by atoms with Gasteiger partial charge in [0.1, 0.15) is 6.61 Å². The van der Waals surface area contributed by atoms with Crippen molar-refractivity contribution in [1.82, 2.24) is 4.57 Å². The number of aromatic nitrogens is 1. The molecule has 3 rings (SSSR count). The van der Waals surface area contributed by atoms with Crippen molar-refractivity contribution >= 4 is 28.6 Å². The molecular weight excluding hydrogens is 302 g/mol. The number of halogens is 1. The van der Waals surface area contributed by atoms with Crippen molar-refractivity contribution in [3.63, 3.8) is 0 Å². The average Bonchev–Trinajstić information content (AvgIpc) is 2.54. The fraction of sp³-hybridized carbons (Fsp3) is 0.0588. The van der Waals surface area contributed by atoms with Crippen LogP contribution in [-0.2, 0) is 11.3 Å². The van der Waals surface area contributed by atoms with E-state index in [0.29, 0.717) is 15.9 Å². The molecule has 0 aliphatic carbocycles. The highest BCUT2D eigenvalue weighted by Crippen LogP contribution is 2.17. The maximum Gasteiger partial charge on any atom is 0.418 e. The molecule has 5 heteroatoms. The van der Waals surface area contributed by atoms with E-state index in [-0.39, 0.29) is 12.0 Å². The predicted octanol–water partition coefficient (Wildman–Crippen LogP) is 3.84. The molecule has 1 heterocycles. The summed E-state index contributed by atoms with van der Waals surface area (Å²) in [5.41, 5.74) is 1.17. The van der Waals surface area contributed by atoms with E-state index in [1.54, 1.807) is 18.2 Å². The Labute approximate surface area is 131 Å². The Morgan fingerprint density at radius 2 is 1.86 bits per heavy atom. The number of carbonyl (C=O) groups is 1. The van der Waals surface area contributed by atoms with Gasteiger partial charge in [-0.2, -0.15) is 0 Å². The van der Waals surface area contributed by atoms with Gasteiger partial charge in [-0.05, 0) is 23.8 Å². The Balaban J connectivity index is 1.91. The minimum absolute atomic E-state index is 0.168. The highest BCUT2D eigenvalue weighted by atomic mass is 35.5. The summed E-state index contributed by atoms with van der Waals surface area (Å²) in [5.74, 6) is 0. The van der Waals surface area contributed by atoms with Gasteiger partial charge in [0.15, 0.2) is 5.43 Å². The molecule has 0 radical (unpaired) electrons. The molecule has 0 N–H and O–H groups in total. The van der Waals surface area contributed by atoms with Crippen LogP contribution in [0, 0.1) is 0 Å². The lowest BCUT2D eigenvalue weighted by Gasteiger charge is -2.10. The highest BCUT2D eigenvalue weighted by molar-refractivity contribution is 6.31. The summed E-state index contributed by atoms with van der Waals surface area (Å²) < 4.78 is 6.58. The van der Waals surface area contributed by atoms with E-state index in [2.05, 4.69) is 0 Å². The predicted molar refractivity (Wildman–Crippen MR) is 85.2 cm³/mol. The van der Waals surface area contributed by atoms with Gasteiger partial charge in [-0.25, -0.2) is 4.79 Å². The minimum atomic E-state index is -0.545. The van der Waals surface area contributed by atoms with E-state index in [1.807, 2.05) is 30.3 Å². The van der Waals surface area contributed by atoms with Crippen LogP contribution in [0.3, 0.4) is 0 Å². The van der Waals surface area contributed by atoms with Gasteiger partial charge in [0.05, 0.1) is 5.52 Å². The number of fused-ring (bicyclic) bond motifs is 1. The van der Waals surface area contributed by atoms with Crippen LogP contribution in [0.1, 0.15) is 5.56 Å². The van der Waals surface area contributed by atoms with E-state index >= 15 is 0 Å². The Kier molecular flexibility index (Phi) is 3.94. The molecule has 4 nitrogen and oxygen atoms in total. The first-order valence-electron chi connectivity index (χ1n) is 6.67. The second-order valence-electron chi connectivity index (χ2n) is 4.75. The smallest absolute Gasteiger partial charge is 0.418 e. The van der Waals surface area contributed by atoms with Crippen LogP contribution >= 0.6 is 11.6 Å². The van der Waals surface area contributed by atoms with E-state index in [4.69, 9.17) is 16.3 Å². The Hall–Kier alpha value is -2.59. The number of pyridine rings is 1. The lowest BCUT2D eigenvalue weighted by Crippen LogP contribution is -2.17. The van der Waals surface area contributed by atoms with Crippen molar-refractivity contribution in [1.29, 1.82) is 0 Å². The van der Waals surface area contributed by atoms with Gasteiger partial charge >= 0.3 is 6.09 Å². The molecule has 0 fully saturated rings. The van der Waals surface area contributed by atoms with Gasteiger partial charge in [-0.3, -0.25) is 9.36 Å². The van der Waals surface area contributed by atoms with Crippen LogP contribution < -0.4 is 5.43 Å². The second kappa shape index (κ2) is 6.03. The monoisotopic (exact) mass is 313 g/mol. The van der Waals surface area contributed by atoms with E-state index in [1.165, 1.54) is 16.8 Å². The summed E-state index contributed by atoms with van der Waals surface area (Å²) in [4.78, 5) is 24.1. The largest absolute Gasteiger partial charge is 0.444 e. The van der Waals surface area contributed by atoms with Crippen LogP contribution in [0.15, 0.2) is 65.6 Å². The Morgan fingerprint density at radius 3 is 2.64 bits per heavy atom. The van der Waals surface area contributed by atoms with Crippen LogP contribution in [0.25, 0.3) is 10.9 Å². The first-order chi connectivity index (χ1) is 10.6. The zero-order valence-corrected chi connectivity index (χ0v) is 12.3. The molecule has 0 aliphatic heterocycles. The molecule has 0 bridgehead atoms. The molecule has 3 aromatic rings. The third-order valence-corrected chi connectivity index (χ3v) is 3.50. The fourth-order valence-electron chi connectivity index (χ4n) is 2.18. The van der Waals surface area contributed by atoms with Gasteiger partial charge in [0.2, 0.25) is 0 Å². The lowest BCUT2D eigenvalue weighted by molar-refractivity contribution is 0.142. The van der Waals surface area contributed by atoms with Crippen molar-refractivity contribution < 1.29 is 9.53 Å². The number of benzene rings is 2. The van der Waals surface area contributed by atoms with Crippen LogP contribution in [0.2, 0.25) is 5.02 Å². The topological polar surface area (TPSA) is 48.3 Å². The highest BCUT2D eigenvalue weighted by Gasteiger charge is 2.11. The van der Waals surface area contributed by atoms with Crippen molar-refractivity contribution in [3.8, 4) is 0 Å². The average molecular weight is 314 g/mol. The van der Waals surface area contributed by atoms with Gasteiger partial charge in [-0.15, -0.1) is 0 Å². The van der Waals surface area contributed by atoms with Gasteiger partial charge in [0, 0.05) is 22.7 Å². The minimum Gasteiger partial charge on any atom is -0.444 e. The third kappa shape index (κ3) is 2.87. The molecular formula is C17H12ClNO3. The van der Waals surface area contributed by atoms with Crippen molar-refractivity contribution in [2.75, 3.05) is 0 Å². The maximum atomic E-state index is 12.2. The third-order valence-electron chi connectivity index (χ3n) is 3.26. The van der Waals surface area contributed by atoms with E-state index < -0.39 is 6.09 Å². The summed E-state index contributed by atoms with van der Waals surface area (Å²) >= 11 is 5.90. The molecule has 0 aliphatic rings. The molecule has 110 valence electrons. The molecule has 0 saturated carbocycles. The molecule has 1 aromatic heterocycles. The number of nitrogens with zero attached hydrogens (tertiary/aromatic N) is 1. The summed E-state index contributed by atoms with van der Waals surface area (Å²) in [6.07, 6.45) is 0.863. The fourth-order valence-corrected chi connectivity index (χ4v) is 2.35.